The monoisotopic (exact) mass is 488 g/mol. The molecule has 1 aromatic heterocycles. The van der Waals surface area contributed by atoms with Crippen molar-refractivity contribution in [2.75, 3.05) is 0 Å². The first kappa shape index (κ1) is 22.5. The Labute approximate surface area is 187 Å². The lowest BCUT2D eigenvalue weighted by molar-refractivity contribution is 0.481. The number of rotatable bonds is 5. The molecule has 1 heterocycles. The standard InChI is InChI=1S/C20H16N4O7S2/c1-12-18(20(25)24(23-12)14-6-4-7-15(11-14)32(26,27)28)22-21-17-10-9-13-5-2-3-8-16(13)19(17)33(29,30)31/h2-11,23H,1H3,(H,26,27,28)(H,29,30,31). The molecule has 0 unspecified atom stereocenters. The van der Waals surface area contributed by atoms with Crippen molar-refractivity contribution in [3.8, 4) is 5.69 Å². The zero-order valence-electron chi connectivity index (χ0n) is 16.9. The molecule has 0 fully saturated rings. The van der Waals surface area contributed by atoms with Crippen molar-refractivity contribution in [3.05, 3.63) is 76.7 Å². The summed E-state index contributed by atoms with van der Waals surface area (Å²) in [4.78, 5) is 12.0. The zero-order chi connectivity index (χ0) is 24.0. The third kappa shape index (κ3) is 4.34. The Hall–Kier alpha value is -3.65. The molecule has 13 heteroatoms. The third-order valence-electron chi connectivity index (χ3n) is 4.79. The maximum Gasteiger partial charge on any atom is 0.299 e. The molecule has 170 valence electrons. The minimum absolute atomic E-state index is 0.115. The Kier molecular flexibility index (Phi) is 5.49. The highest BCUT2D eigenvalue weighted by Crippen LogP contribution is 2.33. The van der Waals surface area contributed by atoms with Crippen molar-refractivity contribution in [2.24, 2.45) is 10.2 Å². The molecule has 33 heavy (non-hydrogen) atoms. The Morgan fingerprint density at radius 2 is 1.61 bits per heavy atom. The van der Waals surface area contributed by atoms with Crippen LogP contribution in [0.2, 0.25) is 0 Å². The summed E-state index contributed by atoms with van der Waals surface area (Å²) in [6.45, 7) is 1.52. The summed E-state index contributed by atoms with van der Waals surface area (Å²) >= 11 is 0. The molecule has 0 aliphatic carbocycles. The van der Waals surface area contributed by atoms with Gasteiger partial charge in [0.05, 0.1) is 16.3 Å². The number of aryl methyl sites for hydroxylation is 1. The van der Waals surface area contributed by atoms with Crippen LogP contribution in [0.3, 0.4) is 0 Å². The third-order valence-corrected chi connectivity index (χ3v) is 6.58. The van der Waals surface area contributed by atoms with Crippen molar-refractivity contribution >= 4 is 42.4 Å². The summed E-state index contributed by atoms with van der Waals surface area (Å²) in [6.07, 6.45) is 0. The molecule has 0 amide bonds. The first-order valence-electron chi connectivity index (χ1n) is 9.27. The Morgan fingerprint density at radius 1 is 0.879 bits per heavy atom. The van der Waals surface area contributed by atoms with Crippen molar-refractivity contribution in [3.63, 3.8) is 0 Å². The van der Waals surface area contributed by atoms with Crippen LogP contribution in [0.15, 0.2) is 85.5 Å². The lowest BCUT2D eigenvalue weighted by Gasteiger charge is -2.06. The van der Waals surface area contributed by atoms with E-state index in [0.29, 0.717) is 5.39 Å². The Morgan fingerprint density at radius 3 is 2.30 bits per heavy atom. The van der Waals surface area contributed by atoms with Crippen LogP contribution < -0.4 is 5.56 Å². The van der Waals surface area contributed by atoms with Gasteiger partial charge in [0.15, 0.2) is 5.69 Å². The minimum atomic E-state index is -4.67. The average molecular weight is 489 g/mol. The zero-order valence-corrected chi connectivity index (χ0v) is 18.5. The van der Waals surface area contributed by atoms with Crippen molar-refractivity contribution < 1.29 is 25.9 Å². The molecule has 4 aromatic rings. The summed E-state index contributed by atoms with van der Waals surface area (Å²) in [5, 5.41) is 11.3. The van der Waals surface area contributed by atoms with Gasteiger partial charge in [0.2, 0.25) is 0 Å². The molecule has 0 spiro atoms. The quantitative estimate of drug-likeness (QED) is 0.285. The van der Waals surface area contributed by atoms with Crippen LogP contribution in [-0.2, 0) is 20.2 Å². The van der Waals surface area contributed by atoms with Gasteiger partial charge in [-0.2, -0.15) is 16.8 Å². The van der Waals surface area contributed by atoms with E-state index in [0.717, 1.165) is 16.8 Å². The van der Waals surface area contributed by atoms with E-state index in [1.54, 1.807) is 24.3 Å². The molecule has 0 radical (unpaired) electrons. The van der Waals surface area contributed by atoms with E-state index in [1.165, 1.54) is 31.2 Å². The van der Waals surface area contributed by atoms with Crippen molar-refractivity contribution in [1.29, 1.82) is 0 Å². The van der Waals surface area contributed by atoms with E-state index < -0.39 is 35.6 Å². The highest BCUT2D eigenvalue weighted by Gasteiger charge is 2.20. The molecule has 0 atom stereocenters. The molecule has 0 aliphatic heterocycles. The van der Waals surface area contributed by atoms with Crippen LogP contribution in [0.1, 0.15) is 5.69 Å². The van der Waals surface area contributed by atoms with E-state index in [1.807, 2.05) is 0 Å². The maximum absolute atomic E-state index is 12.9. The van der Waals surface area contributed by atoms with Gasteiger partial charge in [0.25, 0.3) is 25.8 Å². The van der Waals surface area contributed by atoms with E-state index >= 15 is 0 Å². The number of hydrogen-bond acceptors (Lipinski definition) is 7. The number of azo groups is 1. The first-order chi connectivity index (χ1) is 15.5. The second kappa shape index (κ2) is 8.04. The number of aromatic amines is 1. The van der Waals surface area contributed by atoms with Gasteiger partial charge in [-0.25, -0.2) is 4.68 Å². The van der Waals surface area contributed by atoms with Crippen LogP contribution in [-0.4, -0.2) is 35.7 Å². The van der Waals surface area contributed by atoms with Gasteiger partial charge in [-0.05, 0) is 36.6 Å². The summed E-state index contributed by atoms with van der Waals surface area (Å²) in [7, 11) is -9.15. The van der Waals surface area contributed by atoms with Gasteiger partial charge >= 0.3 is 0 Å². The fraction of sp³-hybridized carbons (Fsp3) is 0.0500. The normalized spacial score (nSPS) is 12.6. The summed E-state index contributed by atoms with van der Waals surface area (Å²) in [5.41, 5.74) is -0.657. The average Bonchev–Trinajstić information content (AvgIpc) is 3.04. The predicted octanol–water partition coefficient (Wildman–Crippen LogP) is 3.54. The van der Waals surface area contributed by atoms with Crippen LogP contribution in [0.4, 0.5) is 11.4 Å². The maximum atomic E-state index is 12.9. The van der Waals surface area contributed by atoms with E-state index in [-0.39, 0.29) is 28.1 Å². The van der Waals surface area contributed by atoms with E-state index in [4.69, 9.17) is 0 Å². The molecule has 0 bridgehead atoms. The van der Waals surface area contributed by atoms with Gasteiger partial charge in [0.1, 0.15) is 10.6 Å². The lowest BCUT2D eigenvalue weighted by Crippen LogP contribution is -2.14. The van der Waals surface area contributed by atoms with Crippen molar-refractivity contribution in [1.82, 2.24) is 9.78 Å². The smallest absolute Gasteiger partial charge is 0.293 e. The second-order valence-corrected chi connectivity index (χ2v) is 9.79. The number of H-pyrrole nitrogens is 1. The fourth-order valence-electron chi connectivity index (χ4n) is 3.31. The van der Waals surface area contributed by atoms with Gasteiger partial charge in [-0.1, -0.05) is 36.4 Å². The molecular weight excluding hydrogens is 472 g/mol. The molecule has 0 saturated heterocycles. The Bertz CT molecular complexity index is 1700. The number of fused-ring (bicyclic) bond motifs is 1. The van der Waals surface area contributed by atoms with Crippen LogP contribution in [0, 0.1) is 6.92 Å². The number of aromatic nitrogens is 2. The number of nitrogens with one attached hydrogen (secondary N) is 1. The first-order valence-corrected chi connectivity index (χ1v) is 12.2. The molecular formula is C20H16N4O7S2. The van der Waals surface area contributed by atoms with E-state index in [9.17, 15) is 30.7 Å². The molecule has 0 aliphatic rings. The fourth-order valence-corrected chi connectivity index (χ4v) is 4.66. The number of hydrogen-bond donors (Lipinski definition) is 3. The highest BCUT2D eigenvalue weighted by molar-refractivity contribution is 7.86. The number of nitrogens with zero attached hydrogens (tertiary/aromatic N) is 3. The Balaban J connectivity index is 1.83. The molecule has 0 saturated carbocycles. The van der Waals surface area contributed by atoms with Gasteiger partial charge < -0.3 is 0 Å². The van der Waals surface area contributed by atoms with E-state index in [2.05, 4.69) is 15.3 Å². The van der Waals surface area contributed by atoms with Crippen LogP contribution in [0.25, 0.3) is 16.5 Å². The summed E-state index contributed by atoms with van der Waals surface area (Å²) < 4.78 is 66.8. The van der Waals surface area contributed by atoms with Crippen LogP contribution in [0.5, 0.6) is 0 Å². The topological polar surface area (TPSA) is 171 Å². The molecule has 11 nitrogen and oxygen atoms in total. The number of benzene rings is 3. The molecule has 3 aromatic carbocycles. The van der Waals surface area contributed by atoms with Gasteiger partial charge in [-0.15, -0.1) is 10.2 Å². The summed E-state index contributed by atoms with van der Waals surface area (Å²) in [6, 6.07) is 14.5. The van der Waals surface area contributed by atoms with Gasteiger partial charge in [-0.3, -0.25) is 19.0 Å². The second-order valence-electron chi connectivity index (χ2n) is 7.01. The molecule has 4 rings (SSSR count). The van der Waals surface area contributed by atoms with Crippen molar-refractivity contribution in [2.45, 2.75) is 16.7 Å². The molecule has 3 N–H and O–H groups in total. The highest BCUT2D eigenvalue weighted by atomic mass is 32.2. The lowest BCUT2D eigenvalue weighted by atomic mass is 10.1. The predicted molar refractivity (Wildman–Crippen MR) is 119 cm³/mol. The SMILES string of the molecule is Cc1[nH]n(-c2cccc(S(=O)(=O)O)c2)c(=O)c1N=Nc1ccc2ccccc2c1S(=O)(=O)O. The summed E-state index contributed by atoms with van der Waals surface area (Å²) in [5.74, 6) is 0. The van der Waals surface area contributed by atoms with Gasteiger partial charge in [0, 0.05) is 5.39 Å². The largest absolute Gasteiger partial charge is 0.299 e. The van der Waals surface area contributed by atoms with Crippen LogP contribution >= 0.6 is 0 Å². The minimum Gasteiger partial charge on any atom is -0.293 e.